The van der Waals surface area contributed by atoms with E-state index in [0.717, 1.165) is 0 Å². The van der Waals surface area contributed by atoms with Crippen molar-refractivity contribution in [3.05, 3.63) is 53.8 Å². The average Bonchev–Trinajstić information content (AvgIpc) is 2.56. The van der Waals surface area contributed by atoms with Gasteiger partial charge in [-0.1, -0.05) is 24.3 Å². The molecule has 0 saturated carbocycles. The highest BCUT2D eigenvalue weighted by molar-refractivity contribution is 5.92. The predicted octanol–water partition coefficient (Wildman–Crippen LogP) is 3.21. The van der Waals surface area contributed by atoms with Gasteiger partial charge in [-0.3, -0.25) is 0 Å². The molecule has 0 atom stereocenters. The van der Waals surface area contributed by atoms with Gasteiger partial charge in [-0.15, -0.1) is 0 Å². The van der Waals surface area contributed by atoms with Gasteiger partial charge in [0.2, 0.25) is 0 Å². The standard InChI is InChI=1S/C17H19FN2O3/c1-22-14-8-5-9-15(23-2)16(14)20-17(21)19-11-10-12-6-3-4-7-13(12)18/h3-9H,10-11H2,1-2H3,(H2,19,20,21). The second kappa shape index (κ2) is 8.03. The third-order valence-electron chi connectivity index (χ3n) is 3.30. The van der Waals surface area contributed by atoms with Crippen molar-refractivity contribution in [3.63, 3.8) is 0 Å². The smallest absolute Gasteiger partial charge is 0.319 e. The van der Waals surface area contributed by atoms with Gasteiger partial charge >= 0.3 is 6.03 Å². The first-order valence-electron chi connectivity index (χ1n) is 7.15. The average molecular weight is 318 g/mol. The highest BCUT2D eigenvalue weighted by atomic mass is 19.1. The molecule has 0 fully saturated rings. The number of methoxy groups -OCH3 is 2. The summed E-state index contributed by atoms with van der Waals surface area (Å²) in [5.41, 5.74) is 1.00. The van der Waals surface area contributed by atoms with Crippen LogP contribution in [0.3, 0.4) is 0 Å². The van der Waals surface area contributed by atoms with Crippen LogP contribution >= 0.6 is 0 Å². The Morgan fingerprint density at radius 3 is 2.30 bits per heavy atom. The molecule has 0 unspecified atom stereocenters. The third kappa shape index (κ3) is 4.35. The van der Waals surface area contributed by atoms with Crippen molar-refractivity contribution in [3.8, 4) is 11.5 Å². The fourth-order valence-corrected chi connectivity index (χ4v) is 2.14. The highest BCUT2D eigenvalue weighted by Crippen LogP contribution is 2.33. The monoisotopic (exact) mass is 318 g/mol. The molecule has 2 rings (SSSR count). The van der Waals surface area contributed by atoms with Crippen LogP contribution in [-0.2, 0) is 6.42 Å². The van der Waals surface area contributed by atoms with Crippen LogP contribution in [0.2, 0.25) is 0 Å². The van der Waals surface area contributed by atoms with Gasteiger partial charge in [0.1, 0.15) is 23.0 Å². The Balaban J connectivity index is 1.94. The van der Waals surface area contributed by atoms with Crippen LogP contribution < -0.4 is 20.1 Å². The second-order valence-electron chi connectivity index (χ2n) is 4.76. The van der Waals surface area contributed by atoms with Crippen LogP contribution in [0.1, 0.15) is 5.56 Å². The quantitative estimate of drug-likeness (QED) is 0.860. The van der Waals surface area contributed by atoms with Crippen LogP contribution in [0.4, 0.5) is 14.9 Å². The predicted molar refractivity (Wildman–Crippen MR) is 86.7 cm³/mol. The van der Waals surface area contributed by atoms with Gasteiger partial charge in [-0.05, 0) is 30.2 Å². The largest absolute Gasteiger partial charge is 0.494 e. The number of anilines is 1. The van der Waals surface area contributed by atoms with Gasteiger partial charge in [0.15, 0.2) is 0 Å². The van der Waals surface area contributed by atoms with Crippen molar-refractivity contribution in [2.45, 2.75) is 6.42 Å². The molecule has 23 heavy (non-hydrogen) atoms. The molecule has 0 spiro atoms. The number of carbonyl (C=O) groups excluding carboxylic acids is 1. The first-order chi connectivity index (χ1) is 11.2. The zero-order chi connectivity index (χ0) is 16.7. The number of ether oxygens (including phenoxy) is 2. The van der Waals surface area contributed by atoms with Crippen molar-refractivity contribution in [2.24, 2.45) is 0 Å². The number of urea groups is 1. The molecule has 0 radical (unpaired) electrons. The van der Waals surface area contributed by atoms with Crippen LogP contribution in [0.25, 0.3) is 0 Å². The summed E-state index contributed by atoms with van der Waals surface area (Å²) in [7, 11) is 3.02. The maximum absolute atomic E-state index is 13.5. The van der Waals surface area contributed by atoms with Gasteiger partial charge in [0.05, 0.1) is 14.2 Å². The molecule has 2 aromatic carbocycles. The molecule has 0 aliphatic rings. The number of hydrogen-bond acceptors (Lipinski definition) is 3. The first kappa shape index (κ1) is 16.6. The van der Waals surface area contributed by atoms with Crippen molar-refractivity contribution in [1.29, 1.82) is 0 Å². The maximum Gasteiger partial charge on any atom is 0.319 e. The first-order valence-corrected chi connectivity index (χ1v) is 7.15. The lowest BCUT2D eigenvalue weighted by atomic mass is 10.1. The van der Waals surface area contributed by atoms with E-state index in [-0.39, 0.29) is 5.82 Å². The summed E-state index contributed by atoms with van der Waals surface area (Å²) < 4.78 is 23.9. The van der Waals surface area contributed by atoms with Crippen molar-refractivity contribution >= 4 is 11.7 Å². The minimum absolute atomic E-state index is 0.277. The van der Waals surface area contributed by atoms with Crippen LogP contribution in [0.15, 0.2) is 42.5 Å². The molecule has 122 valence electrons. The number of rotatable bonds is 6. The number of amides is 2. The summed E-state index contributed by atoms with van der Waals surface area (Å²) in [4.78, 5) is 12.0. The van der Waals surface area contributed by atoms with E-state index in [9.17, 15) is 9.18 Å². The number of benzene rings is 2. The third-order valence-corrected chi connectivity index (χ3v) is 3.30. The minimum atomic E-state index is -0.413. The van der Waals surface area contributed by atoms with E-state index in [1.807, 2.05) is 0 Å². The van der Waals surface area contributed by atoms with Crippen molar-refractivity contribution < 1.29 is 18.7 Å². The van der Waals surface area contributed by atoms with E-state index in [4.69, 9.17) is 9.47 Å². The van der Waals surface area contributed by atoms with E-state index in [2.05, 4.69) is 10.6 Å². The SMILES string of the molecule is COc1cccc(OC)c1NC(=O)NCCc1ccccc1F. The number of carbonyl (C=O) groups is 1. The molecule has 2 amide bonds. The zero-order valence-electron chi connectivity index (χ0n) is 13.1. The van der Waals surface area contributed by atoms with E-state index in [1.165, 1.54) is 20.3 Å². The summed E-state index contributed by atoms with van der Waals surface area (Å²) in [5.74, 6) is 0.711. The lowest BCUT2D eigenvalue weighted by molar-refractivity contribution is 0.252. The molecule has 5 nitrogen and oxygen atoms in total. The maximum atomic E-state index is 13.5. The Labute approximate surface area is 134 Å². The number of halogens is 1. The second-order valence-corrected chi connectivity index (χ2v) is 4.76. The fraction of sp³-hybridized carbons (Fsp3) is 0.235. The molecule has 0 saturated heterocycles. The molecule has 0 bridgehead atoms. The van der Waals surface area contributed by atoms with Crippen LogP contribution in [0.5, 0.6) is 11.5 Å². The molecule has 6 heteroatoms. The molecule has 0 aromatic heterocycles. The molecule has 0 heterocycles. The number of hydrogen-bond donors (Lipinski definition) is 2. The van der Waals surface area contributed by atoms with Gasteiger partial charge in [-0.2, -0.15) is 0 Å². The summed E-state index contributed by atoms with van der Waals surface area (Å²) in [5, 5.41) is 5.37. The molecule has 0 aliphatic carbocycles. The molecule has 0 aliphatic heterocycles. The Kier molecular flexibility index (Phi) is 5.80. The van der Waals surface area contributed by atoms with Crippen LogP contribution in [-0.4, -0.2) is 26.8 Å². The molecule has 2 aromatic rings. The lowest BCUT2D eigenvalue weighted by Gasteiger charge is -2.14. The van der Waals surface area contributed by atoms with Gasteiger partial charge < -0.3 is 20.1 Å². The van der Waals surface area contributed by atoms with Crippen LogP contribution in [0, 0.1) is 5.82 Å². The molecule has 2 N–H and O–H groups in total. The topological polar surface area (TPSA) is 59.6 Å². The van der Waals surface area contributed by atoms with Gasteiger partial charge in [-0.25, -0.2) is 9.18 Å². The Morgan fingerprint density at radius 2 is 1.70 bits per heavy atom. The number of para-hydroxylation sites is 1. The Hall–Kier alpha value is -2.76. The van der Waals surface area contributed by atoms with E-state index >= 15 is 0 Å². The lowest BCUT2D eigenvalue weighted by Crippen LogP contribution is -2.30. The van der Waals surface area contributed by atoms with Crippen molar-refractivity contribution in [2.75, 3.05) is 26.1 Å². The van der Waals surface area contributed by atoms with E-state index in [1.54, 1.807) is 36.4 Å². The normalized spacial score (nSPS) is 10.0. The summed E-state index contributed by atoms with van der Waals surface area (Å²) in [6, 6.07) is 11.3. The van der Waals surface area contributed by atoms with E-state index < -0.39 is 6.03 Å². The van der Waals surface area contributed by atoms with E-state index in [0.29, 0.717) is 35.7 Å². The van der Waals surface area contributed by atoms with Gasteiger partial charge in [0.25, 0.3) is 0 Å². The molecular formula is C17H19FN2O3. The van der Waals surface area contributed by atoms with Crippen molar-refractivity contribution in [1.82, 2.24) is 5.32 Å². The summed E-state index contributed by atoms with van der Waals surface area (Å²) in [6.45, 7) is 0.310. The Morgan fingerprint density at radius 1 is 1.04 bits per heavy atom. The zero-order valence-corrected chi connectivity index (χ0v) is 13.1. The Bertz CT molecular complexity index is 654. The minimum Gasteiger partial charge on any atom is -0.494 e. The number of nitrogens with one attached hydrogen (secondary N) is 2. The van der Waals surface area contributed by atoms with Gasteiger partial charge in [0, 0.05) is 6.54 Å². The highest BCUT2D eigenvalue weighted by Gasteiger charge is 2.12. The fourth-order valence-electron chi connectivity index (χ4n) is 2.14. The summed E-state index contributed by atoms with van der Waals surface area (Å²) >= 11 is 0. The molecular weight excluding hydrogens is 299 g/mol. The summed E-state index contributed by atoms with van der Waals surface area (Å²) in [6.07, 6.45) is 0.406.